The van der Waals surface area contributed by atoms with Crippen LogP contribution in [0.2, 0.25) is 0 Å². The van der Waals surface area contributed by atoms with Gasteiger partial charge in [0.1, 0.15) is 0 Å². The van der Waals surface area contributed by atoms with Gasteiger partial charge >= 0.3 is 0 Å². The summed E-state index contributed by atoms with van der Waals surface area (Å²) in [5, 5.41) is 0. The SMILES string of the molecule is COc1cc(Br)cn2c(C(C)(C)C)cnc12. The molecule has 0 aliphatic heterocycles. The Morgan fingerprint density at radius 2 is 2.06 bits per heavy atom. The molecule has 0 aliphatic carbocycles. The van der Waals surface area contributed by atoms with E-state index in [-0.39, 0.29) is 5.41 Å². The van der Waals surface area contributed by atoms with Gasteiger partial charge in [-0.1, -0.05) is 20.8 Å². The first-order valence-electron chi connectivity index (χ1n) is 5.14. The molecule has 0 N–H and O–H groups in total. The lowest BCUT2D eigenvalue weighted by Gasteiger charge is -2.18. The summed E-state index contributed by atoms with van der Waals surface area (Å²) in [7, 11) is 1.66. The molecule has 0 aliphatic rings. The number of hydrogen-bond donors (Lipinski definition) is 0. The molecule has 2 aromatic heterocycles. The highest BCUT2D eigenvalue weighted by molar-refractivity contribution is 9.10. The summed E-state index contributed by atoms with van der Waals surface area (Å²) < 4.78 is 8.38. The normalized spacial score (nSPS) is 12.1. The van der Waals surface area contributed by atoms with E-state index in [2.05, 4.69) is 46.1 Å². The van der Waals surface area contributed by atoms with Crippen molar-refractivity contribution in [2.75, 3.05) is 7.11 Å². The van der Waals surface area contributed by atoms with Crippen LogP contribution < -0.4 is 4.74 Å². The Morgan fingerprint density at radius 3 is 2.62 bits per heavy atom. The maximum Gasteiger partial charge on any atom is 0.179 e. The van der Waals surface area contributed by atoms with Gasteiger partial charge in [0, 0.05) is 28.0 Å². The van der Waals surface area contributed by atoms with Crippen molar-refractivity contribution in [1.82, 2.24) is 9.38 Å². The maximum absolute atomic E-state index is 5.32. The summed E-state index contributed by atoms with van der Waals surface area (Å²) in [4.78, 5) is 4.41. The molecule has 0 saturated heterocycles. The topological polar surface area (TPSA) is 26.5 Å². The molecule has 0 atom stereocenters. The van der Waals surface area contributed by atoms with E-state index in [1.54, 1.807) is 7.11 Å². The molecule has 0 radical (unpaired) electrons. The van der Waals surface area contributed by atoms with Crippen LogP contribution in [0.25, 0.3) is 5.65 Å². The lowest BCUT2D eigenvalue weighted by molar-refractivity contribution is 0.416. The Hall–Kier alpha value is -1.03. The number of rotatable bonds is 1. The van der Waals surface area contributed by atoms with Gasteiger partial charge in [0.25, 0.3) is 0 Å². The van der Waals surface area contributed by atoms with Crippen LogP contribution in [-0.2, 0) is 5.41 Å². The molecule has 2 heterocycles. The van der Waals surface area contributed by atoms with Gasteiger partial charge in [0.2, 0.25) is 0 Å². The molecule has 0 unspecified atom stereocenters. The van der Waals surface area contributed by atoms with E-state index < -0.39 is 0 Å². The molecule has 0 saturated carbocycles. The van der Waals surface area contributed by atoms with Crippen molar-refractivity contribution in [2.24, 2.45) is 0 Å². The van der Waals surface area contributed by atoms with Crippen LogP contribution >= 0.6 is 15.9 Å². The van der Waals surface area contributed by atoms with Crippen molar-refractivity contribution >= 4 is 21.6 Å². The molecular weight excluding hydrogens is 268 g/mol. The zero-order valence-electron chi connectivity index (χ0n) is 9.91. The van der Waals surface area contributed by atoms with Crippen LogP contribution in [0.5, 0.6) is 5.75 Å². The summed E-state index contributed by atoms with van der Waals surface area (Å²) in [6.07, 6.45) is 3.93. The predicted octanol–water partition coefficient (Wildman–Crippen LogP) is 3.40. The standard InChI is InChI=1S/C12H15BrN2O/c1-12(2,3)10-6-14-11-9(16-4)5-8(13)7-15(10)11/h5-7H,1-4H3. The fourth-order valence-electron chi connectivity index (χ4n) is 1.73. The smallest absolute Gasteiger partial charge is 0.179 e. The zero-order chi connectivity index (χ0) is 11.9. The van der Waals surface area contributed by atoms with E-state index >= 15 is 0 Å². The van der Waals surface area contributed by atoms with Gasteiger partial charge in [-0.05, 0) is 22.0 Å². The van der Waals surface area contributed by atoms with Crippen LogP contribution in [0.15, 0.2) is 22.9 Å². The largest absolute Gasteiger partial charge is 0.493 e. The molecule has 16 heavy (non-hydrogen) atoms. The van der Waals surface area contributed by atoms with E-state index in [4.69, 9.17) is 4.74 Å². The minimum absolute atomic E-state index is 0.0607. The third-order valence-electron chi connectivity index (χ3n) is 2.53. The number of hydrogen-bond acceptors (Lipinski definition) is 2. The van der Waals surface area contributed by atoms with Crippen LogP contribution in [0.1, 0.15) is 26.5 Å². The third kappa shape index (κ3) is 1.82. The average Bonchev–Trinajstić information content (AvgIpc) is 2.58. The first kappa shape index (κ1) is 11.5. The second kappa shape index (κ2) is 3.77. The molecule has 3 nitrogen and oxygen atoms in total. The van der Waals surface area contributed by atoms with Crippen LogP contribution in [0, 0.1) is 0 Å². The van der Waals surface area contributed by atoms with Gasteiger partial charge < -0.3 is 4.74 Å². The molecule has 4 heteroatoms. The quantitative estimate of drug-likeness (QED) is 0.801. The Balaban J connectivity index is 2.77. The molecule has 86 valence electrons. The number of nitrogens with zero attached hydrogens (tertiary/aromatic N) is 2. The Kier molecular flexibility index (Phi) is 2.70. The molecule has 2 aromatic rings. The van der Waals surface area contributed by atoms with Gasteiger partial charge in [0.15, 0.2) is 11.4 Å². The minimum Gasteiger partial charge on any atom is -0.493 e. The van der Waals surface area contributed by atoms with E-state index in [1.165, 1.54) is 5.69 Å². The van der Waals surface area contributed by atoms with E-state index in [0.29, 0.717) is 0 Å². The van der Waals surface area contributed by atoms with Crippen molar-refractivity contribution in [3.63, 3.8) is 0 Å². The molecule has 2 rings (SSSR count). The van der Waals surface area contributed by atoms with Gasteiger partial charge in [0.05, 0.1) is 7.11 Å². The van der Waals surface area contributed by atoms with Crippen molar-refractivity contribution in [3.8, 4) is 5.75 Å². The monoisotopic (exact) mass is 282 g/mol. The number of fused-ring (bicyclic) bond motifs is 1. The van der Waals surface area contributed by atoms with Crippen molar-refractivity contribution < 1.29 is 4.74 Å². The molecule has 0 amide bonds. The van der Waals surface area contributed by atoms with E-state index in [9.17, 15) is 0 Å². The van der Waals surface area contributed by atoms with Gasteiger partial charge in [-0.3, -0.25) is 4.40 Å². The number of halogens is 1. The van der Waals surface area contributed by atoms with Crippen LogP contribution in [-0.4, -0.2) is 16.5 Å². The summed E-state index contributed by atoms with van der Waals surface area (Å²) in [5.41, 5.74) is 2.09. The molecule has 0 spiro atoms. The van der Waals surface area contributed by atoms with Gasteiger partial charge in [-0.15, -0.1) is 0 Å². The Morgan fingerprint density at radius 1 is 1.38 bits per heavy atom. The summed E-state index contributed by atoms with van der Waals surface area (Å²) in [6, 6.07) is 1.93. The Labute approximate surface area is 104 Å². The fraction of sp³-hybridized carbons (Fsp3) is 0.417. The summed E-state index contributed by atoms with van der Waals surface area (Å²) in [6.45, 7) is 6.51. The van der Waals surface area contributed by atoms with Crippen LogP contribution in [0.4, 0.5) is 0 Å². The summed E-state index contributed by atoms with van der Waals surface area (Å²) in [5.74, 6) is 0.782. The number of pyridine rings is 1. The summed E-state index contributed by atoms with van der Waals surface area (Å²) >= 11 is 3.48. The highest BCUT2D eigenvalue weighted by atomic mass is 79.9. The van der Waals surface area contributed by atoms with Gasteiger partial charge in [-0.2, -0.15) is 0 Å². The van der Waals surface area contributed by atoms with E-state index in [0.717, 1.165) is 15.9 Å². The highest BCUT2D eigenvalue weighted by Crippen LogP contribution is 2.29. The second-order valence-electron chi connectivity index (χ2n) is 4.81. The lowest BCUT2D eigenvalue weighted by Crippen LogP contribution is -2.14. The number of ether oxygens (including phenoxy) is 1. The molecule has 0 fully saturated rings. The lowest BCUT2D eigenvalue weighted by atomic mass is 9.93. The molecule has 0 bridgehead atoms. The number of methoxy groups -OCH3 is 1. The fourth-order valence-corrected chi connectivity index (χ4v) is 2.14. The first-order valence-corrected chi connectivity index (χ1v) is 5.94. The number of aromatic nitrogens is 2. The average molecular weight is 283 g/mol. The predicted molar refractivity (Wildman–Crippen MR) is 68.1 cm³/mol. The van der Waals surface area contributed by atoms with E-state index in [1.807, 2.05) is 18.5 Å². The molecule has 0 aromatic carbocycles. The third-order valence-corrected chi connectivity index (χ3v) is 2.96. The van der Waals surface area contributed by atoms with Crippen molar-refractivity contribution in [3.05, 3.63) is 28.6 Å². The first-order chi connectivity index (χ1) is 7.43. The minimum atomic E-state index is 0.0607. The van der Waals surface area contributed by atoms with Crippen molar-refractivity contribution in [1.29, 1.82) is 0 Å². The van der Waals surface area contributed by atoms with Crippen molar-refractivity contribution in [2.45, 2.75) is 26.2 Å². The highest BCUT2D eigenvalue weighted by Gasteiger charge is 2.20. The second-order valence-corrected chi connectivity index (χ2v) is 5.73. The molecular formula is C12H15BrN2O. The maximum atomic E-state index is 5.32. The Bertz CT molecular complexity index is 526. The van der Waals surface area contributed by atoms with Gasteiger partial charge in [-0.25, -0.2) is 4.98 Å². The number of imidazole rings is 1. The van der Waals surface area contributed by atoms with Crippen LogP contribution in [0.3, 0.4) is 0 Å². The zero-order valence-corrected chi connectivity index (χ0v) is 11.5.